The molecule has 3 rings (SSSR count). The largest absolute Gasteiger partial charge is 0.495 e. The van der Waals surface area contributed by atoms with Crippen LogP contribution < -0.4 is 14.4 Å². The third-order valence-corrected chi connectivity index (χ3v) is 4.89. The fourth-order valence-electron chi connectivity index (χ4n) is 3.38. The van der Waals surface area contributed by atoms with Gasteiger partial charge in [0.1, 0.15) is 23.9 Å². The minimum Gasteiger partial charge on any atom is -0.495 e. The average molecular weight is 404 g/mol. The molecule has 0 aromatic heterocycles. The Bertz CT molecular complexity index is 736. The van der Waals surface area contributed by atoms with Crippen molar-refractivity contribution in [3.05, 3.63) is 54.3 Å². The highest BCUT2D eigenvalue weighted by Gasteiger charge is 2.21. The summed E-state index contributed by atoms with van der Waals surface area (Å²) in [5, 5.41) is 10.2. The molecule has 2 aromatic carbocycles. The normalized spacial score (nSPS) is 15.9. The summed E-state index contributed by atoms with van der Waals surface area (Å²) in [6, 6.07) is 13.9. The zero-order valence-corrected chi connectivity index (χ0v) is 16.8. The lowest BCUT2D eigenvalue weighted by atomic mass is 10.2. The molecule has 1 N–H and O–H groups in total. The summed E-state index contributed by atoms with van der Waals surface area (Å²) in [4.78, 5) is 4.56. The van der Waals surface area contributed by atoms with Gasteiger partial charge in [-0.3, -0.25) is 4.90 Å². The van der Waals surface area contributed by atoms with Crippen molar-refractivity contribution in [1.29, 1.82) is 0 Å². The van der Waals surface area contributed by atoms with Crippen LogP contribution in [0.1, 0.15) is 0 Å². The van der Waals surface area contributed by atoms with Gasteiger partial charge in [0.2, 0.25) is 0 Å². The molecule has 0 aliphatic carbocycles. The fourth-order valence-corrected chi connectivity index (χ4v) is 3.38. The van der Waals surface area contributed by atoms with Crippen molar-refractivity contribution in [2.24, 2.45) is 0 Å². The second-order valence-electron chi connectivity index (χ2n) is 6.99. The topological polar surface area (TPSA) is 54.4 Å². The molecule has 0 bridgehead atoms. The Morgan fingerprint density at radius 3 is 2.45 bits per heavy atom. The monoisotopic (exact) mass is 404 g/mol. The maximum atomic E-state index is 12.8. The molecule has 1 heterocycles. The predicted octanol–water partition coefficient (Wildman–Crippen LogP) is 2.41. The number of hydrogen-bond donors (Lipinski definition) is 1. The molecular weight excluding hydrogens is 375 g/mol. The summed E-state index contributed by atoms with van der Waals surface area (Å²) in [6.45, 7) is 5.11. The maximum absolute atomic E-state index is 12.8. The lowest BCUT2D eigenvalue weighted by molar-refractivity contribution is 0.00716. The minimum absolute atomic E-state index is 0.263. The van der Waals surface area contributed by atoms with Gasteiger partial charge < -0.3 is 24.2 Å². The number of nitrogens with zero attached hydrogens (tertiary/aromatic N) is 2. The molecule has 0 spiro atoms. The molecule has 1 aliphatic rings. The predicted molar refractivity (Wildman–Crippen MR) is 110 cm³/mol. The average Bonchev–Trinajstić information content (AvgIpc) is 2.75. The fraction of sp³-hybridized carbons (Fsp3) is 0.455. The van der Waals surface area contributed by atoms with Gasteiger partial charge in [-0.25, -0.2) is 4.39 Å². The Hall–Kier alpha value is -2.35. The van der Waals surface area contributed by atoms with Crippen LogP contribution >= 0.6 is 0 Å². The van der Waals surface area contributed by atoms with Crippen LogP contribution in [0.2, 0.25) is 0 Å². The van der Waals surface area contributed by atoms with Gasteiger partial charge in [-0.1, -0.05) is 12.1 Å². The van der Waals surface area contributed by atoms with Crippen molar-refractivity contribution in [3.63, 3.8) is 0 Å². The molecule has 6 nitrogen and oxygen atoms in total. The van der Waals surface area contributed by atoms with E-state index < -0.39 is 6.10 Å². The highest BCUT2D eigenvalue weighted by molar-refractivity contribution is 5.58. The van der Waals surface area contributed by atoms with Crippen LogP contribution in [-0.2, 0) is 4.74 Å². The van der Waals surface area contributed by atoms with Crippen LogP contribution in [-0.4, -0.2) is 75.8 Å². The molecule has 158 valence electrons. The molecule has 0 unspecified atom stereocenters. The van der Waals surface area contributed by atoms with E-state index >= 15 is 0 Å². The molecule has 7 heteroatoms. The first-order chi connectivity index (χ1) is 14.2. The van der Waals surface area contributed by atoms with Crippen LogP contribution in [0.5, 0.6) is 11.5 Å². The lowest BCUT2D eigenvalue weighted by Gasteiger charge is -2.37. The van der Waals surface area contributed by atoms with E-state index in [0.717, 1.165) is 37.6 Å². The third kappa shape index (κ3) is 6.59. The Labute approximate surface area is 171 Å². The molecular formula is C22H29FN2O4. The molecule has 1 atom stereocenters. The van der Waals surface area contributed by atoms with E-state index in [4.69, 9.17) is 14.2 Å². The maximum Gasteiger partial charge on any atom is 0.142 e. The lowest BCUT2D eigenvalue weighted by Crippen LogP contribution is -2.49. The molecule has 1 saturated heterocycles. The van der Waals surface area contributed by atoms with Crippen LogP contribution in [0.3, 0.4) is 0 Å². The van der Waals surface area contributed by atoms with Gasteiger partial charge >= 0.3 is 0 Å². The number of benzene rings is 2. The summed E-state index contributed by atoms with van der Waals surface area (Å²) < 4.78 is 29.2. The number of anilines is 1. The number of β-amino-alcohol motifs (C(OH)–C–C–N with tert-alkyl or cyclic N) is 1. The highest BCUT2D eigenvalue weighted by atomic mass is 19.1. The second kappa shape index (κ2) is 11.0. The molecule has 29 heavy (non-hydrogen) atoms. The number of rotatable bonds is 10. The van der Waals surface area contributed by atoms with Crippen molar-refractivity contribution < 1.29 is 23.7 Å². The number of para-hydroxylation sites is 2. The van der Waals surface area contributed by atoms with Crippen LogP contribution in [0.15, 0.2) is 48.5 Å². The number of methoxy groups -OCH3 is 1. The van der Waals surface area contributed by atoms with Gasteiger partial charge in [-0.2, -0.15) is 0 Å². The Morgan fingerprint density at radius 1 is 1.00 bits per heavy atom. The minimum atomic E-state index is -0.543. The second-order valence-corrected chi connectivity index (χ2v) is 6.99. The molecule has 2 aromatic rings. The number of halogens is 1. The van der Waals surface area contributed by atoms with Gasteiger partial charge in [-0.15, -0.1) is 0 Å². The summed E-state index contributed by atoms with van der Waals surface area (Å²) in [6.07, 6.45) is -0.543. The van der Waals surface area contributed by atoms with Crippen LogP contribution in [0.4, 0.5) is 10.1 Å². The summed E-state index contributed by atoms with van der Waals surface area (Å²) in [5.41, 5.74) is 1.11. The van der Waals surface area contributed by atoms with E-state index in [1.165, 1.54) is 12.1 Å². The van der Waals surface area contributed by atoms with E-state index in [2.05, 4.69) is 15.9 Å². The van der Waals surface area contributed by atoms with E-state index in [0.29, 0.717) is 25.5 Å². The Kier molecular flexibility index (Phi) is 8.10. The first-order valence-electron chi connectivity index (χ1n) is 9.90. The zero-order chi connectivity index (χ0) is 20.5. The smallest absolute Gasteiger partial charge is 0.142 e. The molecule has 1 aliphatic heterocycles. The number of aliphatic hydroxyl groups excluding tert-OH is 1. The van der Waals surface area contributed by atoms with E-state index in [1.54, 1.807) is 19.2 Å². The number of piperazine rings is 1. The first kappa shape index (κ1) is 21.4. The van der Waals surface area contributed by atoms with Crippen molar-refractivity contribution in [2.45, 2.75) is 6.10 Å². The van der Waals surface area contributed by atoms with Gasteiger partial charge in [0.25, 0.3) is 0 Å². The summed E-state index contributed by atoms with van der Waals surface area (Å²) in [5.74, 6) is 1.20. The van der Waals surface area contributed by atoms with Crippen molar-refractivity contribution in [2.75, 3.05) is 64.6 Å². The van der Waals surface area contributed by atoms with Gasteiger partial charge in [0, 0.05) is 32.7 Å². The number of aliphatic hydroxyl groups is 1. The summed E-state index contributed by atoms with van der Waals surface area (Å²) in [7, 11) is 1.69. The van der Waals surface area contributed by atoms with Crippen molar-refractivity contribution >= 4 is 5.69 Å². The molecule has 0 radical (unpaired) electrons. The van der Waals surface area contributed by atoms with Crippen LogP contribution in [0.25, 0.3) is 0 Å². The zero-order valence-electron chi connectivity index (χ0n) is 16.8. The molecule has 0 amide bonds. The molecule has 1 fully saturated rings. The molecule has 0 saturated carbocycles. The van der Waals surface area contributed by atoms with Gasteiger partial charge in [0.05, 0.1) is 32.1 Å². The van der Waals surface area contributed by atoms with E-state index in [9.17, 15) is 9.50 Å². The van der Waals surface area contributed by atoms with Crippen LogP contribution in [0, 0.1) is 5.82 Å². The van der Waals surface area contributed by atoms with Crippen molar-refractivity contribution in [1.82, 2.24) is 4.90 Å². The first-order valence-corrected chi connectivity index (χ1v) is 9.90. The van der Waals surface area contributed by atoms with E-state index in [-0.39, 0.29) is 12.4 Å². The van der Waals surface area contributed by atoms with E-state index in [1.807, 2.05) is 18.2 Å². The standard InChI is InChI=1S/C22H29FN2O4/c1-27-22-5-3-2-4-21(22)25-12-10-24(11-13-25)16-19(26)17-28-14-15-29-20-8-6-18(23)7-9-20/h2-9,19,26H,10-17H2,1H3/t19-/m1/s1. The highest BCUT2D eigenvalue weighted by Crippen LogP contribution is 2.28. The summed E-state index contributed by atoms with van der Waals surface area (Å²) >= 11 is 0. The number of ether oxygens (including phenoxy) is 3. The Balaban J connectivity index is 1.30. The third-order valence-electron chi connectivity index (χ3n) is 4.89. The van der Waals surface area contributed by atoms with Crippen molar-refractivity contribution in [3.8, 4) is 11.5 Å². The van der Waals surface area contributed by atoms with Gasteiger partial charge in [-0.05, 0) is 36.4 Å². The Morgan fingerprint density at radius 2 is 1.72 bits per heavy atom. The quantitative estimate of drug-likeness (QED) is 0.614. The SMILES string of the molecule is COc1ccccc1N1CCN(C[C@@H](O)COCCOc2ccc(F)cc2)CC1. The van der Waals surface area contributed by atoms with Gasteiger partial charge in [0.15, 0.2) is 0 Å². The number of hydrogen-bond acceptors (Lipinski definition) is 6.